The fourth-order valence-electron chi connectivity index (χ4n) is 3.48. The van der Waals surface area contributed by atoms with Gasteiger partial charge in [-0.25, -0.2) is 4.89 Å². The number of ketones is 1. The first-order valence-electron chi connectivity index (χ1n) is 7.95. The molecule has 4 nitrogen and oxygen atoms in total. The summed E-state index contributed by atoms with van der Waals surface area (Å²) in [5, 5.41) is 10.7. The highest BCUT2D eigenvalue weighted by molar-refractivity contribution is 8.00. The van der Waals surface area contributed by atoms with Gasteiger partial charge in [0.1, 0.15) is 0 Å². The Hall–Kier alpha value is -1.66. The highest BCUT2D eigenvalue weighted by atomic mass is 32.2. The summed E-state index contributed by atoms with van der Waals surface area (Å²) in [6.07, 6.45) is 0.358. The first-order valence-corrected chi connectivity index (χ1v) is 9.10. The lowest BCUT2D eigenvalue weighted by atomic mass is 9.75. The maximum absolute atomic E-state index is 12.5. The number of fused-ring (bicyclic) bond motifs is 1. The average molecular weight is 342 g/mol. The van der Waals surface area contributed by atoms with E-state index in [0.717, 1.165) is 11.1 Å². The second-order valence-corrected chi connectivity index (χ2v) is 7.27. The molecule has 0 spiro atoms. The van der Waals surface area contributed by atoms with Gasteiger partial charge in [0.25, 0.3) is 0 Å². The van der Waals surface area contributed by atoms with Gasteiger partial charge in [0.15, 0.2) is 11.4 Å². The number of aliphatic hydroxyl groups is 1. The van der Waals surface area contributed by atoms with Crippen LogP contribution in [0.3, 0.4) is 0 Å². The van der Waals surface area contributed by atoms with Crippen LogP contribution in [0.15, 0.2) is 60.7 Å². The van der Waals surface area contributed by atoms with Gasteiger partial charge in [-0.1, -0.05) is 60.7 Å². The number of hydrogen-bond acceptors (Lipinski definition) is 5. The minimum absolute atomic E-state index is 0.00767. The van der Waals surface area contributed by atoms with Crippen LogP contribution in [0.1, 0.15) is 17.5 Å². The van der Waals surface area contributed by atoms with Crippen molar-refractivity contribution in [3.63, 3.8) is 0 Å². The van der Waals surface area contributed by atoms with Crippen LogP contribution < -0.4 is 0 Å². The molecule has 2 atom stereocenters. The maximum Gasteiger partial charge on any atom is 0.218 e. The van der Waals surface area contributed by atoms with Crippen LogP contribution in [-0.2, 0) is 20.2 Å². The van der Waals surface area contributed by atoms with E-state index in [2.05, 4.69) is 0 Å². The Morgan fingerprint density at radius 2 is 1.54 bits per heavy atom. The number of thioether (sulfide) groups is 1. The first kappa shape index (κ1) is 15.8. The number of carbonyl (C=O) groups is 1. The van der Waals surface area contributed by atoms with E-state index >= 15 is 0 Å². The second kappa shape index (κ2) is 6.01. The third kappa shape index (κ3) is 2.48. The highest BCUT2D eigenvalue weighted by Crippen LogP contribution is 2.49. The number of rotatable bonds is 2. The minimum Gasteiger partial charge on any atom is -0.362 e. The fraction of sp³-hybridized carbons (Fsp3) is 0.316. The Bertz CT molecular complexity index is 694. The Balaban J connectivity index is 1.82. The largest absolute Gasteiger partial charge is 0.362 e. The van der Waals surface area contributed by atoms with E-state index in [1.54, 1.807) is 0 Å². The van der Waals surface area contributed by atoms with Gasteiger partial charge in [-0.2, -0.15) is 4.89 Å². The van der Waals surface area contributed by atoms with Gasteiger partial charge in [0.05, 0.1) is 17.4 Å². The quantitative estimate of drug-likeness (QED) is 0.851. The van der Waals surface area contributed by atoms with E-state index in [0.29, 0.717) is 17.9 Å². The molecule has 2 heterocycles. The molecule has 2 unspecified atom stereocenters. The molecule has 2 aliphatic rings. The second-order valence-electron chi connectivity index (χ2n) is 6.29. The normalized spacial score (nSPS) is 29.0. The zero-order chi connectivity index (χ0) is 16.6. The van der Waals surface area contributed by atoms with Crippen LogP contribution in [0.25, 0.3) is 0 Å². The zero-order valence-corrected chi connectivity index (χ0v) is 13.9. The molecular weight excluding hydrogens is 324 g/mol. The predicted molar refractivity (Wildman–Crippen MR) is 91.2 cm³/mol. The smallest absolute Gasteiger partial charge is 0.218 e. The molecule has 4 rings (SSSR count). The summed E-state index contributed by atoms with van der Waals surface area (Å²) in [5.74, 6) is -1.41. The molecule has 2 aromatic rings. The Morgan fingerprint density at radius 3 is 2.12 bits per heavy atom. The fourth-order valence-corrected chi connectivity index (χ4v) is 4.53. The molecule has 24 heavy (non-hydrogen) atoms. The van der Waals surface area contributed by atoms with Gasteiger partial charge < -0.3 is 5.11 Å². The van der Waals surface area contributed by atoms with Crippen LogP contribution in [-0.4, -0.2) is 28.2 Å². The van der Waals surface area contributed by atoms with Crippen molar-refractivity contribution >= 4 is 17.5 Å². The monoisotopic (exact) mass is 342 g/mol. The van der Waals surface area contributed by atoms with Gasteiger partial charge >= 0.3 is 0 Å². The SMILES string of the molecule is O=C1CSCC2(O)OOC(c3ccccc3)(c3ccccc3)CC12. The number of carbonyl (C=O) groups excluding carboxylic acids is 1. The molecule has 1 N–H and O–H groups in total. The van der Waals surface area contributed by atoms with E-state index in [-0.39, 0.29) is 5.78 Å². The maximum atomic E-state index is 12.5. The molecule has 0 aromatic heterocycles. The Labute approximate surface area is 144 Å². The molecule has 5 heteroatoms. The molecule has 0 radical (unpaired) electrons. The average Bonchev–Trinajstić information content (AvgIpc) is 2.63. The zero-order valence-electron chi connectivity index (χ0n) is 13.1. The van der Waals surface area contributed by atoms with E-state index in [1.165, 1.54) is 11.8 Å². The summed E-state index contributed by atoms with van der Waals surface area (Å²) >= 11 is 1.37. The van der Waals surface area contributed by atoms with Crippen LogP contribution >= 0.6 is 11.8 Å². The summed E-state index contributed by atoms with van der Waals surface area (Å²) < 4.78 is 0. The Kier molecular flexibility index (Phi) is 3.96. The molecule has 0 aliphatic carbocycles. The van der Waals surface area contributed by atoms with Crippen LogP contribution in [0, 0.1) is 5.92 Å². The summed E-state index contributed by atoms with van der Waals surface area (Å²) in [5.41, 5.74) is 0.908. The molecular formula is C19H18O4S. The van der Waals surface area contributed by atoms with Crippen molar-refractivity contribution in [3.05, 3.63) is 71.8 Å². The molecule has 0 amide bonds. The van der Waals surface area contributed by atoms with E-state index in [1.807, 2.05) is 60.7 Å². The molecule has 2 aromatic carbocycles. The molecule has 0 bridgehead atoms. The van der Waals surface area contributed by atoms with Gasteiger partial charge in [-0.05, 0) is 11.1 Å². The van der Waals surface area contributed by atoms with Crippen molar-refractivity contribution in [2.24, 2.45) is 5.92 Å². The van der Waals surface area contributed by atoms with Gasteiger partial charge in [0, 0.05) is 6.42 Å². The molecule has 124 valence electrons. The third-order valence-electron chi connectivity index (χ3n) is 4.79. The van der Waals surface area contributed by atoms with Crippen molar-refractivity contribution in [2.75, 3.05) is 11.5 Å². The van der Waals surface area contributed by atoms with Crippen molar-refractivity contribution < 1.29 is 19.7 Å². The van der Waals surface area contributed by atoms with Gasteiger partial charge in [-0.3, -0.25) is 4.79 Å². The predicted octanol–water partition coefficient (Wildman–Crippen LogP) is 2.90. The molecule has 2 saturated heterocycles. The summed E-state index contributed by atoms with van der Waals surface area (Å²) in [6, 6.07) is 19.4. The lowest BCUT2D eigenvalue weighted by Gasteiger charge is -2.48. The lowest BCUT2D eigenvalue weighted by molar-refractivity contribution is -0.486. The number of benzene rings is 2. The molecule has 2 fully saturated rings. The summed E-state index contributed by atoms with van der Waals surface area (Å²) in [4.78, 5) is 23.8. The van der Waals surface area contributed by atoms with E-state index in [4.69, 9.17) is 9.78 Å². The van der Waals surface area contributed by atoms with E-state index < -0.39 is 17.3 Å². The van der Waals surface area contributed by atoms with Gasteiger partial charge in [-0.15, -0.1) is 11.8 Å². The van der Waals surface area contributed by atoms with Crippen molar-refractivity contribution in [2.45, 2.75) is 17.8 Å². The molecule has 2 aliphatic heterocycles. The van der Waals surface area contributed by atoms with Crippen molar-refractivity contribution in [1.82, 2.24) is 0 Å². The van der Waals surface area contributed by atoms with E-state index in [9.17, 15) is 9.90 Å². The Morgan fingerprint density at radius 1 is 0.958 bits per heavy atom. The van der Waals surface area contributed by atoms with Crippen LogP contribution in [0.4, 0.5) is 0 Å². The summed E-state index contributed by atoms with van der Waals surface area (Å²) in [6.45, 7) is 0. The van der Waals surface area contributed by atoms with Crippen LogP contribution in [0.5, 0.6) is 0 Å². The van der Waals surface area contributed by atoms with Crippen LogP contribution in [0.2, 0.25) is 0 Å². The minimum atomic E-state index is -1.55. The molecule has 0 saturated carbocycles. The highest BCUT2D eigenvalue weighted by Gasteiger charge is 2.57. The topological polar surface area (TPSA) is 55.8 Å². The van der Waals surface area contributed by atoms with Gasteiger partial charge in [0.2, 0.25) is 5.79 Å². The standard InChI is InChI=1S/C19H18O4S/c20-17-12-24-13-19(21)16(17)11-18(22-23-19,14-7-3-1-4-8-14)15-9-5-2-6-10-15/h1-10,16,21H,11-13H2. The summed E-state index contributed by atoms with van der Waals surface area (Å²) in [7, 11) is 0. The van der Waals surface area contributed by atoms with Crippen molar-refractivity contribution in [1.29, 1.82) is 0 Å². The van der Waals surface area contributed by atoms with Crippen molar-refractivity contribution in [3.8, 4) is 0 Å². The number of Topliss-reactive ketones (excluding diaryl/α,β-unsaturated/α-hetero) is 1. The third-order valence-corrected chi connectivity index (χ3v) is 5.89. The lowest BCUT2D eigenvalue weighted by Crippen LogP contribution is -2.58. The number of hydrogen-bond donors (Lipinski definition) is 1. The first-order chi connectivity index (χ1) is 11.6.